The molecular weight excluding hydrogens is 228 g/mol. The average Bonchev–Trinajstić information content (AvgIpc) is 2.99. The third-order valence-corrected chi connectivity index (χ3v) is 4.43. The van der Waals surface area contributed by atoms with Crippen molar-refractivity contribution in [1.29, 1.82) is 0 Å². The first-order valence-corrected chi connectivity index (χ1v) is 6.68. The highest BCUT2D eigenvalue weighted by molar-refractivity contribution is 5.79. The van der Waals surface area contributed by atoms with Crippen molar-refractivity contribution in [2.24, 2.45) is 17.8 Å². The third-order valence-electron chi connectivity index (χ3n) is 4.43. The van der Waals surface area contributed by atoms with E-state index in [9.17, 15) is 9.59 Å². The van der Waals surface area contributed by atoms with Gasteiger partial charge in [-0.15, -0.1) is 0 Å². The minimum absolute atomic E-state index is 0.120. The Morgan fingerprint density at radius 1 is 1.39 bits per heavy atom. The molecule has 3 unspecified atom stereocenters. The molecule has 2 saturated carbocycles. The van der Waals surface area contributed by atoms with Crippen LogP contribution in [0.25, 0.3) is 0 Å². The lowest BCUT2D eigenvalue weighted by molar-refractivity contribution is -0.126. The molecule has 0 saturated heterocycles. The zero-order valence-corrected chi connectivity index (χ0v) is 10.3. The molecule has 2 aliphatic carbocycles. The van der Waals surface area contributed by atoms with Gasteiger partial charge >= 0.3 is 0 Å². The highest BCUT2D eigenvalue weighted by atomic mass is 16.2. The van der Waals surface area contributed by atoms with Crippen molar-refractivity contribution in [3.8, 4) is 0 Å². The molecule has 1 aromatic heterocycles. The molecule has 18 heavy (non-hydrogen) atoms. The minimum atomic E-state index is -0.120. The van der Waals surface area contributed by atoms with Crippen LogP contribution >= 0.6 is 0 Å². The molecule has 0 aromatic carbocycles. The molecule has 1 heterocycles. The average molecular weight is 246 g/mol. The largest absolute Gasteiger partial charge is 0.352 e. The number of H-pyrrole nitrogens is 1. The Morgan fingerprint density at radius 3 is 2.94 bits per heavy atom. The van der Waals surface area contributed by atoms with Gasteiger partial charge in [0.05, 0.1) is 0 Å². The summed E-state index contributed by atoms with van der Waals surface area (Å²) in [5.74, 6) is 1.67. The maximum Gasteiger partial charge on any atom is 0.252 e. The lowest BCUT2D eigenvalue weighted by Gasteiger charge is -2.20. The van der Waals surface area contributed by atoms with E-state index in [0.717, 1.165) is 12.3 Å². The zero-order chi connectivity index (χ0) is 12.5. The van der Waals surface area contributed by atoms with Crippen LogP contribution in [0.1, 0.15) is 31.2 Å². The summed E-state index contributed by atoms with van der Waals surface area (Å²) in [4.78, 5) is 26.2. The fourth-order valence-electron chi connectivity index (χ4n) is 3.47. The van der Waals surface area contributed by atoms with E-state index in [1.165, 1.54) is 19.3 Å². The van der Waals surface area contributed by atoms with E-state index < -0.39 is 0 Å². The summed E-state index contributed by atoms with van der Waals surface area (Å²) in [7, 11) is 0. The predicted molar refractivity (Wildman–Crippen MR) is 67.8 cm³/mol. The Kier molecular flexibility index (Phi) is 2.94. The van der Waals surface area contributed by atoms with E-state index in [1.54, 1.807) is 18.3 Å². The van der Waals surface area contributed by atoms with E-state index in [-0.39, 0.29) is 17.4 Å². The van der Waals surface area contributed by atoms with Gasteiger partial charge in [-0.05, 0) is 37.2 Å². The van der Waals surface area contributed by atoms with Gasteiger partial charge in [-0.25, -0.2) is 0 Å². The number of pyridine rings is 1. The highest BCUT2D eigenvalue weighted by Crippen LogP contribution is 2.48. The van der Waals surface area contributed by atoms with Crippen LogP contribution in [0, 0.1) is 17.8 Å². The summed E-state index contributed by atoms with van der Waals surface area (Å²) in [6.45, 7) is 0.336. The number of aromatic amines is 1. The SMILES string of the molecule is O=C(NCc1ccc[nH]c1=O)C1CC2CCC1C2. The normalized spacial score (nSPS) is 29.4. The molecule has 0 aliphatic heterocycles. The molecule has 3 atom stereocenters. The van der Waals surface area contributed by atoms with E-state index in [1.807, 2.05) is 0 Å². The Balaban J connectivity index is 1.59. The summed E-state index contributed by atoms with van der Waals surface area (Å²) < 4.78 is 0. The van der Waals surface area contributed by atoms with Crippen LogP contribution in [0.3, 0.4) is 0 Å². The Morgan fingerprint density at radius 2 is 2.28 bits per heavy atom. The maximum absolute atomic E-state index is 12.1. The van der Waals surface area contributed by atoms with Crippen LogP contribution < -0.4 is 10.9 Å². The van der Waals surface area contributed by atoms with Crippen LogP contribution in [-0.4, -0.2) is 10.9 Å². The molecule has 4 heteroatoms. The summed E-state index contributed by atoms with van der Waals surface area (Å²) in [6.07, 6.45) is 6.37. The molecule has 1 amide bonds. The lowest BCUT2D eigenvalue weighted by Crippen LogP contribution is -2.34. The summed E-state index contributed by atoms with van der Waals surface area (Å²) in [6, 6.07) is 3.53. The number of carbonyl (C=O) groups excluding carboxylic acids is 1. The smallest absolute Gasteiger partial charge is 0.252 e. The van der Waals surface area contributed by atoms with Crippen molar-refractivity contribution in [3.05, 3.63) is 34.2 Å². The number of carbonyl (C=O) groups is 1. The van der Waals surface area contributed by atoms with Gasteiger partial charge in [0.15, 0.2) is 0 Å². The van der Waals surface area contributed by atoms with Crippen molar-refractivity contribution < 1.29 is 4.79 Å². The molecule has 0 spiro atoms. The predicted octanol–water partition coefficient (Wildman–Crippen LogP) is 1.43. The maximum atomic E-state index is 12.1. The monoisotopic (exact) mass is 246 g/mol. The molecular formula is C14H18N2O2. The first kappa shape index (κ1) is 11.5. The quantitative estimate of drug-likeness (QED) is 0.847. The second-order valence-corrected chi connectivity index (χ2v) is 5.52. The molecule has 2 bridgehead atoms. The fourth-order valence-corrected chi connectivity index (χ4v) is 3.47. The summed E-state index contributed by atoms with van der Waals surface area (Å²) in [5.41, 5.74) is 0.500. The van der Waals surface area contributed by atoms with Crippen molar-refractivity contribution in [2.45, 2.75) is 32.2 Å². The summed E-state index contributed by atoms with van der Waals surface area (Å²) >= 11 is 0. The number of aromatic nitrogens is 1. The minimum Gasteiger partial charge on any atom is -0.352 e. The topological polar surface area (TPSA) is 62.0 Å². The molecule has 96 valence electrons. The van der Waals surface area contributed by atoms with E-state index >= 15 is 0 Å². The van der Waals surface area contributed by atoms with Crippen molar-refractivity contribution in [1.82, 2.24) is 10.3 Å². The molecule has 2 N–H and O–H groups in total. The van der Waals surface area contributed by atoms with Crippen molar-refractivity contribution in [2.75, 3.05) is 0 Å². The summed E-state index contributed by atoms with van der Waals surface area (Å²) in [5, 5.41) is 2.91. The van der Waals surface area contributed by atoms with Gasteiger partial charge in [0, 0.05) is 24.2 Å². The van der Waals surface area contributed by atoms with Gasteiger partial charge in [-0.1, -0.05) is 12.5 Å². The zero-order valence-electron chi connectivity index (χ0n) is 10.3. The van der Waals surface area contributed by atoms with Crippen LogP contribution in [0.2, 0.25) is 0 Å². The van der Waals surface area contributed by atoms with Gasteiger partial charge in [-0.2, -0.15) is 0 Å². The van der Waals surface area contributed by atoms with Gasteiger partial charge in [0.2, 0.25) is 5.91 Å². The van der Waals surface area contributed by atoms with Gasteiger partial charge in [-0.3, -0.25) is 9.59 Å². The third kappa shape index (κ3) is 2.07. The van der Waals surface area contributed by atoms with Crippen molar-refractivity contribution >= 4 is 5.91 Å². The van der Waals surface area contributed by atoms with E-state index in [0.29, 0.717) is 18.0 Å². The lowest BCUT2D eigenvalue weighted by atomic mass is 9.88. The second kappa shape index (κ2) is 4.59. The molecule has 3 rings (SSSR count). The Labute approximate surface area is 106 Å². The molecule has 1 aromatic rings. The number of hydrogen-bond donors (Lipinski definition) is 2. The highest BCUT2D eigenvalue weighted by Gasteiger charge is 2.42. The van der Waals surface area contributed by atoms with E-state index in [2.05, 4.69) is 10.3 Å². The Bertz CT molecular complexity index is 509. The second-order valence-electron chi connectivity index (χ2n) is 5.52. The molecule has 2 aliphatic rings. The van der Waals surface area contributed by atoms with Crippen LogP contribution in [0.15, 0.2) is 23.1 Å². The standard InChI is InChI=1S/C14H18N2O2/c17-13-11(2-1-5-15-13)8-16-14(18)12-7-9-3-4-10(12)6-9/h1-2,5,9-10,12H,3-4,6-8H2,(H,15,17)(H,16,18). The Hall–Kier alpha value is -1.58. The van der Waals surface area contributed by atoms with Crippen LogP contribution in [0.5, 0.6) is 0 Å². The van der Waals surface area contributed by atoms with Crippen molar-refractivity contribution in [3.63, 3.8) is 0 Å². The number of amides is 1. The molecule has 2 fully saturated rings. The van der Waals surface area contributed by atoms with Crippen LogP contribution in [-0.2, 0) is 11.3 Å². The number of nitrogens with one attached hydrogen (secondary N) is 2. The number of rotatable bonds is 3. The van der Waals surface area contributed by atoms with Gasteiger partial charge < -0.3 is 10.3 Å². The van der Waals surface area contributed by atoms with Crippen LogP contribution in [0.4, 0.5) is 0 Å². The fraction of sp³-hybridized carbons (Fsp3) is 0.571. The first-order chi connectivity index (χ1) is 8.74. The number of fused-ring (bicyclic) bond motifs is 2. The van der Waals surface area contributed by atoms with Gasteiger partial charge in [0.25, 0.3) is 5.56 Å². The van der Waals surface area contributed by atoms with E-state index in [4.69, 9.17) is 0 Å². The molecule has 0 radical (unpaired) electrons. The van der Waals surface area contributed by atoms with Gasteiger partial charge in [0.1, 0.15) is 0 Å². The molecule has 4 nitrogen and oxygen atoms in total. The number of hydrogen-bond acceptors (Lipinski definition) is 2. The first-order valence-electron chi connectivity index (χ1n) is 6.68.